The second kappa shape index (κ2) is 21.4. The molecule has 81 heavy (non-hydrogen) atoms. The maximum atomic E-state index is 13.4. The molecule has 6 aliphatic rings. The van der Waals surface area contributed by atoms with Gasteiger partial charge >= 0.3 is 11.9 Å². The first-order valence-electron chi connectivity index (χ1n) is 28.4. The van der Waals surface area contributed by atoms with Gasteiger partial charge in [0, 0.05) is 142 Å². The van der Waals surface area contributed by atoms with Crippen molar-refractivity contribution >= 4 is 91.9 Å². The molecule has 4 atom stereocenters. The second-order valence-corrected chi connectivity index (χ2v) is 22.8. The van der Waals surface area contributed by atoms with E-state index in [1.54, 1.807) is 13.8 Å². The lowest BCUT2D eigenvalue weighted by Crippen LogP contribution is -2.61. The van der Waals surface area contributed by atoms with Crippen LogP contribution in [0.2, 0.25) is 0 Å². The number of hydrogen-bond acceptors (Lipinski definition) is 15. The molecular weight excluding hydrogens is 1020 g/mol. The normalized spacial score (nSPS) is 21.1. The van der Waals surface area contributed by atoms with Crippen LogP contribution in [-0.4, -0.2) is 149 Å². The number of esters is 2. The minimum atomic E-state index is -0.815. The number of piperazine rings is 2. The van der Waals surface area contributed by atoms with Crippen molar-refractivity contribution in [3.63, 3.8) is 0 Å². The summed E-state index contributed by atoms with van der Waals surface area (Å²) in [7, 11) is 4.11. The van der Waals surface area contributed by atoms with Crippen molar-refractivity contribution in [1.29, 1.82) is 0 Å². The predicted octanol–water partition coefficient (Wildman–Crippen LogP) is 9.13. The van der Waals surface area contributed by atoms with Crippen molar-refractivity contribution in [3.05, 3.63) is 120 Å². The number of nitrogens with zero attached hydrogens (tertiary/aromatic N) is 8. The predicted molar refractivity (Wildman–Crippen MR) is 315 cm³/mol. The van der Waals surface area contributed by atoms with Gasteiger partial charge in [-0.15, -0.1) is 0 Å². The third kappa shape index (κ3) is 9.72. The number of ether oxygens (including phenoxy) is 5. The molecule has 6 heterocycles. The molecule has 420 valence electrons. The quantitative estimate of drug-likeness (QED) is 0.0952. The van der Waals surface area contributed by atoms with Crippen LogP contribution in [0.4, 0.5) is 34.1 Å². The van der Waals surface area contributed by atoms with Crippen molar-refractivity contribution < 1.29 is 42.9 Å². The summed E-state index contributed by atoms with van der Waals surface area (Å²) in [6, 6.07) is 37.4. The monoisotopic (exact) mass is 1090 g/mol. The van der Waals surface area contributed by atoms with Crippen molar-refractivity contribution in [1.82, 2.24) is 9.80 Å². The first-order chi connectivity index (χ1) is 39.1. The first kappa shape index (κ1) is 53.5. The number of amides is 2. The number of hydrogen-bond donors (Lipinski definition) is 0. The Hall–Kier alpha value is -8.18. The van der Waals surface area contributed by atoms with E-state index in [0.717, 1.165) is 67.2 Å². The molecular formula is C64H70N8O9. The number of para-hydroxylation sites is 2. The van der Waals surface area contributed by atoms with Gasteiger partial charge in [-0.25, -0.2) is 0 Å². The Labute approximate surface area is 472 Å². The van der Waals surface area contributed by atoms with Crippen LogP contribution in [0.1, 0.15) is 64.5 Å². The molecule has 0 radical (unpaired) electrons. The fourth-order valence-corrected chi connectivity index (χ4v) is 12.8. The zero-order chi connectivity index (χ0) is 56.2. The van der Waals surface area contributed by atoms with Gasteiger partial charge in [0.1, 0.15) is 23.6 Å². The van der Waals surface area contributed by atoms with Crippen molar-refractivity contribution in [2.45, 2.75) is 88.9 Å². The van der Waals surface area contributed by atoms with Crippen molar-refractivity contribution in [2.75, 3.05) is 99.3 Å². The fourth-order valence-electron chi connectivity index (χ4n) is 12.8. The van der Waals surface area contributed by atoms with Crippen LogP contribution in [0.15, 0.2) is 119 Å². The molecule has 2 spiro atoms. The molecule has 12 rings (SSSR count). The highest BCUT2D eigenvalue weighted by Crippen LogP contribution is 2.55. The van der Waals surface area contributed by atoms with Gasteiger partial charge in [-0.1, -0.05) is 84.9 Å². The van der Waals surface area contributed by atoms with Gasteiger partial charge in [-0.05, 0) is 51.0 Å². The molecule has 2 fully saturated rings. The number of anilines is 4. The first-order valence-corrected chi connectivity index (χ1v) is 28.4. The van der Waals surface area contributed by atoms with E-state index < -0.39 is 35.6 Å². The standard InChI is InChI=1S/C64H70N8O9/c1-42(78-58(75)25-23-56(73)71-31-27-69(28-32-71)52-35-54-60(47-18-10-8-16-45(47)52)65-40-63(80-54)37-44-15-7-13-21-50(44)67(63)5)38-77-39-43(2)79-59(76)26-24-57(74)72-33-29-70(30-34-72)53-36-55-61(48-19-11-9-17-46(48)53)66-41-64(81-55)62(3,4)49-20-12-14-22-51(49)68(64)6/h7-22,35-36,40-43H,23-34,37-39H2,1-6H3. The van der Waals surface area contributed by atoms with E-state index in [4.69, 9.17) is 33.7 Å². The lowest BCUT2D eigenvalue weighted by Gasteiger charge is -2.45. The summed E-state index contributed by atoms with van der Waals surface area (Å²) in [5.74, 6) is 0.276. The van der Waals surface area contributed by atoms with Crippen LogP contribution in [0.3, 0.4) is 0 Å². The van der Waals surface area contributed by atoms with Crippen LogP contribution >= 0.6 is 0 Å². The summed E-state index contributed by atoms with van der Waals surface area (Å²) in [6.45, 7) is 12.5. The third-order valence-corrected chi connectivity index (χ3v) is 17.3. The highest BCUT2D eigenvalue weighted by atomic mass is 16.6. The summed E-state index contributed by atoms with van der Waals surface area (Å²) in [6.07, 6.45) is 3.39. The van der Waals surface area contributed by atoms with Crippen LogP contribution in [0.5, 0.6) is 11.5 Å². The molecule has 6 aromatic carbocycles. The van der Waals surface area contributed by atoms with E-state index in [1.807, 2.05) is 59.6 Å². The van der Waals surface area contributed by atoms with Crippen molar-refractivity contribution in [3.8, 4) is 11.5 Å². The van der Waals surface area contributed by atoms with Gasteiger partial charge in [0.15, 0.2) is 11.5 Å². The largest absolute Gasteiger partial charge is 0.460 e. The third-order valence-electron chi connectivity index (χ3n) is 17.3. The Balaban J connectivity index is 0.554. The fraction of sp³-hybridized carbons (Fsp3) is 0.406. The average Bonchev–Trinajstić information content (AvgIpc) is 4.08. The summed E-state index contributed by atoms with van der Waals surface area (Å²) in [4.78, 5) is 75.2. The molecule has 0 saturated carbocycles. The smallest absolute Gasteiger partial charge is 0.306 e. The Morgan fingerprint density at radius 2 is 1.01 bits per heavy atom. The average molecular weight is 1100 g/mol. The minimum Gasteiger partial charge on any atom is -0.460 e. The molecule has 4 unspecified atom stereocenters. The molecule has 0 aliphatic carbocycles. The molecule has 6 aliphatic heterocycles. The number of aliphatic imine (C=N–C) groups is 2. The summed E-state index contributed by atoms with van der Waals surface area (Å²) < 4.78 is 30.9. The van der Waals surface area contributed by atoms with Gasteiger partial charge in [0.05, 0.1) is 43.9 Å². The van der Waals surface area contributed by atoms with E-state index in [0.29, 0.717) is 58.8 Å². The summed E-state index contributed by atoms with van der Waals surface area (Å²) in [5.41, 5.74) is 6.45. The number of rotatable bonds is 14. The Morgan fingerprint density at radius 1 is 0.543 bits per heavy atom. The van der Waals surface area contributed by atoms with Crippen LogP contribution in [0, 0.1) is 0 Å². The van der Waals surface area contributed by atoms with E-state index in [9.17, 15) is 19.2 Å². The Kier molecular flexibility index (Phi) is 14.1. The van der Waals surface area contributed by atoms with Gasteiger partial charge < -0.3 is 53.1 Å². The van der Waals surface area contributed by atoms with Crippen molar-refractivity contribution in [2.24, 2.45) is 9.98 Å². The molecule has 2 amide bonds. The number of carbonyl (C=O) groups excluding carboxylic acids is 4. The molecule has 2 saturated heterocycles. The second-order valence-electron chi connectivity index (χ2n) is 22.8. The number of fused-ring (bicyclic) bond motifs is 8. The molecule has 0 aromatic heterocycles. The zero-order valence-corrected chi connectivity index (χ0v) is 47.1. The highest BCUT2D eigenvalue weighted by molar-refractivity contribution is 6.07. The number of benzene rings is 6. The zero-order valence-electron chi connectivity index (χ0n) is 47.1. The SMILES string of the molecule is CC(COCC(C)OC(=O)CCC(=O)N1CCN(c2cc3c(c4ccccc24)N=CC2(O3)N(C)c3ccccc3C2(C)C)CC1)OC(=O)CCC(=O)N1CCN(c2cc3c(c4ccccc24)N=CC2(Cc4ccccc4N2C)O3)CC1. The number of likely N-dealkylation sites (N-methyl/N-ethyl adjacent to an activating group) is 2. The van der Waals surface area contributed by atoms with E-state index in [2.05, 4.69) is 119 Å². The molecule has 6 aromatic rings. The van der Waals surface area contributed by atoms with Gasteiger partial charge in [-0.2, -0.15) is 0 Å². The highest BCUT2D eigenvalue weighted by Gasteiger charge is 2.58. The maximum absolute atomic E-state index is 13.4. The lowest BCUT2D eigenvalue weighted by atomic mass is 9.77. The molecule has 0 N–H and O–H groups in total. The van der Waals surface area contributed by atoms with Crippen LogP contribution < -0.4 is 29.1 Å². The maximum Gasteiger partial charge on any atom is 0.306 e. The van der Waals surface area contributed by atoms with E-state index in [-0.39, 0.29) is 56.1 Å². The molecule has 17 nitrogen and oxygen atoms in total. The minimum absolute atomic E-state index is 0.0353. The molecule has 0 bridgehead atoms. The molecule has 17 heteroatoms. The summed E-state index contributed by atoms with van der Waals surface area (Å²) >= 11 is 0. The van der Waals surface area contributed by atoms with Gasteiger partial charge in [0.2, 0.25) is 23.3 Å². The van der Waals surface area contributed by atoms with E-state index in [1.165, 1.54) is 11.1 Å². The van der Waals surface area contributed by atoms with Gasteiger partial charge in [0.25, 0.3) is 0 Å². The van der Waals surface area contributed by atoms with Crippen LogP contribution in [0.25, 0.3) is 21.5 Å². The van der Waals surface area contributed by atoms with Crippen LogP contribution in [-0.2, 0) is 45.2 Å². The lowest BCUT2D eigenvalue weighted by molar-refractivity contribution is -0.156. The Bertz CT molecular complexity index is 3510. The van der Waals surface area contributed by atoms with Gasteiger partial charge in [-0.3, -0.25) is 29.2 Å². The summed E-state index contributed by atoms with van der Waals surface area (Å²) in [5, 5.41) is 4.16. The number of carbonyl (C=O) groups is 4. The topological polar surface area (TPSA) is 159 Å². The van der Waals surface area contributed by atoms with E-state index >= 15 is 0 Å². The Morgan fingerprint density at radius 3 is 1.54 bits per heavy atom.